The lowest BCUT2D eigenvalue weighted by Crippen LogP contribution is -2.31. The normalized spacial score (nSPS) is 13.4. The molecule has 0 radical (unpaired) electrons. The van der Waals surface area contributed by atoms with Gasteiger partial charge in [-0.1, -0.05) is 16.1 Å². The molecule has 0 bridgehead atoms. The van der Waals surface area contributed by atoms with Crippen LogP contribution < -0.4 is 9.67 Å². The summed E-state index contributed by atoms with van der Waals surface area (Å²) in [7, 11) is 1.30. The molecule has 1 aromatic carbocycles. The SMILES string of the molecule is COC(=O)CSc1cc(N=c2sc(=O)n3n2CCCC3)c(F)cc1Cl.c1csnn1. The van der Waals surface area contributed by atoms with E-state index >= 15 is 0 Å². The van der Waals surface area contributed by atoms with E-state index in [1.54, 1.807) is 15.6 Å². The van der Waals surface area contributed by atoms with E-state index < -0.39 is 11.8 Å². The van der Waals surface area contributed by atoms with E-state index in [9.17, 15) is 14.0 Å². The number of thioether (sulfide) groups is 1. The monoisotopic (exact) mass is 489 g/mol. The number of fused-ring (bicyclic) bond motifs is 1. The van der Waals surface area contributed by atoms with Gasteiger partial charge in [0.15, 0.2) is 0 Å². The highest BCUT2D eigenvalue weighted by Gasteiger charge is 2.15. The molecule has 3 aromatic rings. The number of esters is 1. The molecule has 3 heterocycles. The first-order valence-corrected chi connectivity index (χ1v) is 11.8. The standard InChI is InChI=1S/C15H15ClFN3O3S2.C2H2N2S/c1-23-13(21)8-24-12-7-11(10(17)6-9(12)16)18-14-19-4-2-3-5-20(19)15(22)25-14;1-2-5-4-3-1/h6-7H,2-5,8H2,1H3;1-2H. The molecule has 0 spiro atoms. The minimum absolute atomic E-state index is 0.0605. The van der Waals surface area contributed by atoms with E-state index in [4.69, 9.17) is 11.6 Å². The van der Waals surface area contributed by atoms with Crippen LogP contribution in [0, 0.1) is 5.82 Å². The molecule has 0 amide bonds. The van der Waals surface area contributed by atoms with Crippen LogP contribution in [0.5, 0.6) is 0 Å². The van der Waals surface area contributed by atoms with Crippen molar-refractivity contribution >= 4 is 57.9 Å². The number of nitrogens with zero attached hydrogens (tertiary/aromatic N) is 5. The van der Waals surface area contributed by atoms with Crippen molar-refractivity contribution in [3.8, 4) is 0 Å². The molecular weight excluding hydrogens is 473 g/mol. The Morgan fingerprint density at radius 3 is 2.77 bits per heavy atom. The second-order valence-electron chi connectivity index (χ2n) is 5.90. The first kappa shape index (κ1) is 22.7. The summed E-state index contributed by atoms with van der Waals surface area (Å²) in [5.74, 6) is -0.923. The van der Waals surface area contributed by atoms with Gasteiger partial charge in [0.25, 0.3) is 0 Å². The van der Waals surface area contributed by atoms with Crippen LogP contribution in [0.1, 0.15) is 12.8 Å². The van der Waals surface area contributed by atoms with Crippen molar-refractivity contribution in [3.63, 3.8) is 0 Å². The van der Waals surface area contributed by atoms with E-state index in [1.165, 1.54) is 24.7 Å². The Kier molecular flexibility index (Phi) is 8.19. The zero-order valence-corrected chi connectivity index (χ0v) is 19.0. The van der Waals surface area contributed by atoms with Crippen LogP contribution in [0.15, 0.2) is 38.4 Å². The van der Waals surface area contributed by atoms with Crippen molar-refractivity contribution in [3.05, 3.63) is 49.0 Å². The third-order valence-electron chi connectivity index (χ3n) is 3.96. The molecule has 1 aliphatic heterocycles. The van der Waals surface area contributed by atoms with Gasteiger partial charge in [0.1, 0.15) is 11.5 Å². The Morgan fingerprint density at radius 1 is 1.37 bits per heavy atom. The summed E-state index contributed by atoms with van der Waals surface area (Å²) in [5.41, 5.74) is 0.0829. The van der Waals surface area contributed by atoms with Crippen molar-refractivity contribution in [2.75, 3.05) is 12.9 Å². The first-order chi connectivity index (χ1) is 14.5. The quantitative estimate of drug-likeness (QED) is 0.412. The molecule has 13 heteroatoms. The molecule has 1 aliphatic rings. The number of rotatable bonds is 4. The number of carbonyl (C=O) groups is 1. The van der Waals surface area contributed by atoms with Gasteiger partial charge in [-0.25, -0.2) is 14.1 Å². The highest BCUT2D eigenvalue weighted by molar-refractivity contribution is 8.00. The average Bonchev–Trinajstić information content (AvgIpc) is 3.42. The number of carbonyl (C=O) groups excluding carboxylic acids is 1. The number of ether oxygens (including phenoxy) is 1. The molecule has 0 fully saturated rings. The van der Waals surface area contributed by atoms with E-state index in [2.05, 4.69) is 19.3 Å². The summed E-state index contributed by atoms with van der Waals surface area (Å²) in [6.45, 7) is 1.32. The molecule has 0 saturated carbocycles. The fourth-order valence-corrected chi connectivity index (χ4v) is 4.83. The van der Waals surface area contributed by atoms with Crippen molar-refractivity contribution in [2.45, 2.75) is 30.8 Å². The Labute approximate surface area is 188 Å². The second kappa shape index (κ2) is 10.8. The minimum atomic E-state index is -0.580. The van der Waals surface area contributed by atoms with Gasteiger partial charge in [-0.2, -0.15) is 0 Å². The highest BCUT2D eigenvalue weighted by Crippen LogP contribution is 2.33. The summed E-state index contributed by atoms with van der Waals surface area (Å²) in [5, 5.41) is 5.51. The first-order valence-electron chi connectivity index (χ1n) is 8.74. The Bertz CT molecular complexity index is 1110. The van der Waals surface area contributed by atoms with Gasteiger partial charge in [0.2, 0.25) is 4.80 Å². The van der Waals surface area contributed by atoms with Crippen molar-refractivity contribution in [2.24, 2.45) is 4.99 Å². The molecule has 0 saturated heterocycles. The molecule has 2 aromatic heterocycles. The Balaban J connectivity index is 0.000000448. The van der Waals surface area contributed by atoms with Gasteiger partial charge < -0.3 is 4.74 Å². The van der Waals surface area contributed by atoms with Crippen molar-refractivity contribution in [1.29, 1.82) is 0 Å². The summed E-state index contributed by atoms with van der Waals surface area (Å²) in [4.78, 5) is 28.5. The molecule has 30 heavy (non-hydrogen) atoms. The van der Waals surface area contributed by atoms with Crippen LogP contribution in [0.3, 0.4) is 0 Å². The number of halogens is 2. The van der Waals surface area contributed by atoms with E-state index in [-0.39, 0.29) is 21.3 Å². The van der Waals surface area contributed by atoms with Crippen LogP contribution in [0.25, 0.3) is 0 Å². The fourth-order valence-electron chi connectivity index (χ4n) is 2.57. The Morgan fingerprint density at radius 2 is 2.13 bits per heavy atom. The molecule has 4 rings (SSSR count). The van der Waals surface area contributed by atoms with Crippen LogP contribution >= 0.6 is 46.2 Å². The lowest BCUT2D eigenvalue weighted by Gasteiger charge is -2.15. The van der Waals surface area contributed by atoms with Crippen LogP contribution in [-0.4, -0.2) is 37.8 Å². The Hall–Kier alpha value is -2.02. The third kappa shape index (κ3) is 5.78. The second-order valence-corrected chi connectivity index (χ2v) is 8.89. The smallest absolute Gasteiger partial charge is 0.325 e. The molecule has 160 valence electrons. The van der Waals surface area contributed by atoms with Gasteiger partial charge in [0, 0.05) is 23.4 Å². The summed E-state index contributed by atoms with van der Waals surface area (Å²) < 4.78 is 25.8. The van der Waals surface area contributed by atoms with E-state index in [0.29, 0.717) is 22.8 Å². The molecular formula is C17H17ClFN5O3S3. The molecule has 0 unspecified atom stereocenters. The topological polar surface area (TPSA) is 91.4 Å². The third-order valence-corrected chi connectivity index (χ3v) is 6.72. The maximum absolute atomic E-state index is 14.3. The molecule has 0 N–H and O–H groups in total. The van der Waals surface area contributed by atoms with Crippen molar-refractivity contribution < 1.29 is 13.9 Å². The zero-order valence-electron chi connectivity index (χ0n) is 15.8. The lowest BCUT2D eigenvalue weighted by molar-refractivity contribution is -0.137. The predicted octanol–water partition coefficient (Wildman–Crippen LogP) is 3.33. The summed E-state index contributed by atoms with van der Waals surface area (Å²) in [6, 6.07) is 2.64. The van der Waals surface area contributed by atoms with Crippen LogP contribution in [0.4, 0.5) is 10.1 Å². The summed E-state index contributed by atoms with van der Waals surface area (Å²) in [6.07, 6.45) is 3.55. The zero-order chi connectivity index (χ0) is 21.5. The van der Waals surface area contributed by atoms with Gasteiger partial charge in [-0.3, -0.25) is 14.3 Å². The van der Waals surface area contributed by atoms with Crippen LogP contribution in [-0.2, 0) is 22.6 Å². The molecule has 8 nitrogen and oxygen atoms in total. The van der Waals surface area contributed by atoms with E-state index in [1.807, 2.05) is 5.38 Å². The number of hydrogen-bond acceptors (Lipinski definition) is 9. The highest BCUT2D eigenvalue weighted by atomic mass is 35.5. The number of hydrogen-bond donors (Lipinski definition) is 0. The number of methoxy groups -OCH3 is 1. The van der Waals surface area contributed by atoms with Crippen molar-refractivity contribution in [1.82, 2.24) is 19.0 Å². The maximum atomic E-state index is 14.3. The van der Waals surface area contributed by atoms with Crippen LogP contribution in [0.2, 0.25) is 5.02 Å². The number of aromatic nitrogens is 4. The molecule has 0 aliphatic carbocycles. The van der Waals surface area contributed by atoms with Gasteiger partial charge in [-0.05, 0) is 47.8 Å². The number of benzene rings is 1. The summed E-state index contributed by atoms with van der Waals surface area (Å²) >= 11 is 9.52. The van der Waals surface area contributed by atoms with Gasteiger partial charge >= 0.3 is 10.8 Å². The largest absolute Gasteiger partial charge is 0.468 e. The van der Waals surface area contributed by atoms with E-state index in [0.717, 1.165) is 42.0 Å². The lowest BCUT2D eigenvalue weighted by atomic mass is 10.3. The fraction of sp³-hybridized carbons (Fsp3) is 0.353. The minimum Gasteiger partial charge on any atom is -0.468 e. The predicted molar refractivity (Wildman–Crippen MR) is 115 cm³/mol. The maximum Gasteiger partial charge on any atom is 0.325 e. The molecule has 0 atom stereocenters. The van der Waals surface area contributed by atoms with Gasteiger partial charge in [0.05, 0.1) is 24.1 Å². The average molecular weight is 490 g/mol. The van der Waals surface area contributed by atoms with Gasteiger partial charge in [-0.15, -0.1) is 16.9 Å².